The van der Waals surface area contributed by atoms with Crippen molar-refractivity contribution in [3.63, 3.8) is 0 Å². The molecule has 1 aliphatic carbocycles. The smallest absolute Gasteiger partial charge is 0.305 e. The van der Waals surface area contributed by atoms with E-state index in [1.807, 2.05) is 6.92 Å². The summed E-state index contributed by atoms with van der Waals surface area (Å²) in [6.45, 7) is 2.30. The lowest BCUT2D eigenvalue weighted by molar-refractivity contribution is -0.143. The number of esters is 1. The molecule has 16 heavy (non-hydrogen) atoms. The number of carbonyl (C=O) groups is 1. The lowest BCUT2D eigenvalue weighted by Gasteiger charge is -2.24. The fraction of sp³-hybridized carbons (Fsp3) is 0.923. The highest BCUT2D eigenvalue weighted by molar-refractivity contribution is 5.69. The second-order valence-electron chi connectivity index (χ2n) is 4.84. The number of rotatable bonds is 6. The molecule has 2 N–H and O–H groups in total. The summed E-state index contributed by atoms with van der Waals surface area (Å²) in [4.78, 5) is 11.2. The first kappa shape index (κ1) is 13.5. The molecule has 0 aromatic heterocycles. The SMILES string of the molecule is CCOC(=O)CCC(N)CC1CCCCC1. The molecule has 1 rings (SSSR count). The van der Waals surface area contributed by atoms with Crippen LogP contribution in [0.3, 0.4) is 0 Å². The molecular formula is C13H25NO2. The normalized spacial score (nSPS) is 19.4. The first-order chi connectivity index (χ1) is 7.72. The Morgan fingerprint density at radius 2 is 2.06 bits per heavy atom. The molecule has 0 amide bonds. The van der Waals surface area contributed by atoms with E-state index < -0.39 is 0 Å². The lowest BCUT2D eigenvalue weighted by Crippen LogP contribution is -2.25. The van der Waals surface area contributed by atoms with Crippen LogP contribution < -0.4 is 5.73 Å². The maximum absolute atomic E-state index is 11.2. The molecule has 0 aliphatic heterocycles. The van der Waals surface area contributed by atoms with Crippen LogP contribution in [0, 0.1) is 5.92 Å². The Morgan fingerprint density at radius 1 is 1.38 bits per heavy atom. The van der Waals surface area contributed by atoms with Crippen LogP contribution in [0.1, 0.15) is 58.3 Å². The predicted molar refractivity (Wildman–Crippen MR) is 65.0 cm³/mol. The summed E-state index contributed by atoms with van der Waals surface area (Å²) in [6, 6.07) is 0.174. The van der Waals surface area contributed by atoms with Crippen molar-refractivity contribution in [2.75, 3.05) is 6.61 Å². The van der Waals surface area contributed by atoms with Crippen LogP contribution in [0.25, 0.3) is 0 Å². The molecule has 1 aliphatic rings. The molecule has 1 atom stereocenters. The summed E-state index contributed by atoms with van der Waals surface area (Å²) in [5.74, 6) is 0.688. The molecule has 0 aromatic rings. The van der Waals surface area contributed by atoms with E-state index in [1.54, 1.807) is 0 Å². The van der Waals surface area contributed by atoms with E-state index in [9.17, 15) is 4.79 Å². The van der Waals surface area contributed by atoms with Gasteiger partial charge in [0, 0.05) is 12.5 Å². The second kappa shape index (κ2) is 7.66. The van der Waals surface area contributed by atoms with E-state index in [0.29, 0.717) is 13.0 Å². The molecule has 94 valence electrons. The van der Waals surface area contributed by atoms with Gasteiger partial charge in [-0.15, -0.1) is 0 Å². The molecule has 1 fully saturated rings. The molecule has 0 bridgehead atoms. The maximum Gasteiger partial charge on any atom is 0.305 e. The van der Waals surface area contributed by atoms with Gasteiger partial charge in [-0.1, -0.05) is 32.1 Å². The first-order valence-electron chi connectivity index (χ1n) is 6.63. The predicted octanol–water partition coefficient (Wildman–Crippen LogP) is 2.63. The van der Waals surface area contributed by atoms with Crippen molar-refractivity contribution in [1.82, 2.24) is 0 Å². The zero-order valence-corrected chi connectivity index (χ0v) is 10.4. The number of hydrogen-bond donors (Lipinski definition) is 1. The Morgan fingerprint density at radius 3 is 2.69 bits per heavy atom. The second-order valence-corrected chi connectivity index (χ2v) is 4.84. The van der Waals surface area contributed by atoms with Gasteiger partial charge in [0.15, 0.2) is 0 Å². The lowest BCUT2D eigenvalue weighted by atomic mass is 9.84. The van der Waals surface area contributed by atoms with E-state index in [0.717, 1.165) is 18.8 Å². The summed E-state index contributed by atoms with van der Waals surface area (Å²) < 4.78 is 4.89. The van der Waals surface area contributed by atoms with Crippen molar-refractivity contribution in [2.24, 2.45) is 11.7 Å². The summed E-state index contributed by atoms with van der Waals surface area (Å²) in [5.41, 5.74) is 6.04. The first-order valence-corrected chi connectivity index (χ1v) is 6.63. The summed E-state index contributed by atoms with van der Waals surface area (Å²) >= 11 is 0. The molecule has 0 radical (unpaired) electrons. The average Bonchev–Trinajstić information content (AvgIpc) is 2.28. The molecule has 1 unspecified atom stereocenters. The maximum atomic E-state index is 11.2. The minimum absolute atomic E-state index is 0.110. The Labute approximate surface area is 98.7 Å². The van der Waals surface area contributed by atoms with E-state index in [4.69, 9.17) is 10.5 Å². The summed E-state index contributed by atoms with van der Waals surface area (Å²) in [6.07, 6.45) is 9.08. The Balaban J connectivity index is 2.09. The van der Waals surface area contributed by atoms with E-state index in [-0.39, 0.29) is 12.0 Å². The van der Waals surface area contributed by atoms with Crippen LogP contribution in [-0.4, -0.2) is 18.6 Å². The van der Waals surface area contributed by atoms with E-state index >= 15 is 0 Å². The zero-order chi connectivity index (χ0) is 11.8. The van der Waals surface area contributed by atoms with Crippen molar-refractivity contribution < 1.29 is 9.53 Å². The number of carbonyl (C=O) groups excluding carboxylic acids is 1. The minimum Gasteiger partial charge on any atom is -0.466 e. The van der Waals surface area contributed by atoms with Gasteiger partial charge in [0.25, 0.3) is 0 Å². The van der Waals surface area contributed by atoms with Crippen molar-refractivity contribution in [2.45, 2.75) is 64.3 Å². The molecule has 1 saturated carbocycles. The Kier molecular flexibility index (Phi) is 6.46. The van der Waals surface area contributed by atoms with Crippen LogP contribution in [-0.2, 0) is 9.53 Å². The number of ether oxygens (including phenoxy) is 1. The van der Waals surface area contributed by atoms with Crippen molar-refractivity contribution in [3.8, 4) is 0 Å². The van der Waals surface area contributed by atoms with Gasteiger partial charge in [0.1, 0.15) is 0 Å². The van der Waals surface area contributed by atoms with Crippen molar-refractivity contribution in [1.29, 1.82) is 0 Å². The van der Waals surface area contributed by atoms with Crippen LogP contribution in [0.4, 0.5) is 0 Å². The van der Waals surface area contributed by atoms with Crippen molar-refractivity contribution in [3.05, 3.63) is 0 Å². The third-order valence-electron chi connectivity index (χ3n) is 3.39. The highest BCUT2D eigenvalue weighted by Gasteiger charge is 2.17. The van der Waals surface area contributed by atoms with Crippen molar-refractivity contribution >= 4 is 5.97 Å². The largest absolute Gasteiger partial charge is 0.466 e. The Bertz CT molecular complexity index is 200. The molecule has 0 saturated heterocycles. The van der Waals surface area contributed by atoms with Gasteiger partial charge in [0.05, 0.1) is 6.61 Å². The van der Waals surface area contributed by atoms with Crippen LogP contribution in [0.15, 0.2) is 0 Å². The summed E-state index contributed by atoms with van der Waals surface area (Å²) in [5, 5.41) is 0. The molecule has 3 nitrogen and oxygen atoms in total. The molecule has 0 heterocycles. The zero-order valence-electron chi connectivity index (χ0n) is 10.4. The fourth-order valence-electron chi connectivity index (χ4n) is 2.51. The van der Waals surface area contributed by atoms with E-state index in [2.05, 4.69) is 0 Å². The van der Waals surface area contributed by atoms with Crippen LogP contribution in [0.2, 0.25) is 0 Å². The van der Waals surface area contributed by atoms with Crippen LogP contribution >= 0.6 is 0 Å². The Hall–Kier alpha value is -0.570. The third kappa shape index (κ3) is 5.50. The number of hydrogen-bond acceptors (Lipinski definition) is 3. The fourth-order valence-corrected chi connectivity index (χ4v) is 2.51. The van der Waals surface area contributed by atoms with Gasteiger partial charge in [-0.2, -0.15) is 0 Å². The standard InChI is InChI=1S/C13H25NO2/c1-2-16-13(15)9-8-12(14)10-11-6-4-3-5-7-11/h11-12H,2-10,14H2,1H3. The van der Waals surface area contributed by atoms with Gasteiger partial charge >= 0.3 is 5.97 Å². The van der Waals surface area contributed by atoms with Gasteiger partial charge in [-0.3, -0.25) is 4.79 Å². The van der Waals surface area contributed by atoms with Crippen LogP contribution in [0.5, 0.6) is 0 Å². The molecule has 3 heteroatoms. The number of nitrogens with two attached hydrogens (primary N) is 1. The molecule has 0 aromatic carbocycles. The monoisotopic (exact) mass is 227 g/mol. The molecular weight excluding hydrogens is 202 g/mol. The topological polar surface area (TPSA) is 52.3 Å². The highest BCUT2D eigenvalue weighted by Crippen LogP contribution is 2.27. The molecule has 0 spiro atoms. The quantitative estimate of drug-likeness (QED) is 0.710. The highest BCUT2D eigenvalue weighted by atomic mass is 16.5. The average molecular weight is 227 g/mol. The van der Waals surface area contributed by atoms with Gasteiger partial charge in [-0.05, 0) is 25.7 Å². The third-order valence-corrected chi connectivity index (χ3v) is 3.39. The summed E-state index contributed by atoms with van der Waals surface area (Å²) in [7, 11) is 0. The van der Waals surface area contributed by atoms with Gasteiger partial charge < -0.3 is 10.5 Å². The van der Waals surface area contributed by atoms with Gasteiger partial charge in [0.2, 0.25) is 0 Å². The van der Waals surface area contributed by atoms with E-state index in [1.165, 1.54) is 32.1 Å². The van der Waals surface area contributed by atoms with Gasteiger partial charge in [-0.25, -0.2) is 0 Å². The minimum atomic E-state index is -0.110.